The highest BCUT2D eigenvalue weighted by Gasteiger charge is 2.47. The standard InChI is InChI=1S/C68H117NO10/c1-4-7-10-13-16-19-22-25-27-28-29-30-31-32-33-34-35-38-41-44-47-50-53-56-63(73)79-66-65(75)64(74)62(57-70)78-68(66)77-58-59(60(71)54-51-48-45-42-39-36-24-21-18-15-12-9-6-3)69-67(76)61(72)55-52-49-46-43-40-37-26-23-20-17-14-11-8-5-2/h8,11,14,16-17,19-20,23,25-27,37,40,43,51,54,59-62,64-66,68,70-72,74-75H,4-7,9-10,12-13,15,18,21-22,24,28-36,38-39,41-42,44-50,52-53,55-58H2,1-3H3,(H,69,76)/b11-8+,17-14+,19-16-,23-20-,27-25-,37-26-,43-40+,54-51+. The highest BCUT2D eigenvalue weighted by Crippen LogP contribution is 2.26. The monoisotopic (exact) mass is 1110 g/mol. The van der Waals surface area contributed by atoms with E-state index < -0.39 is 67.4 Å². The molecule has 0 aromatic carbocycles. The van der Waals surface area contributed by atoms with E-state index in [1.54, 1.807) is 6.08 Å². The van der Waals surface area contributed by atoms with Gasteiger partial charge in [-0.25, -0.2) is 0 Å². The number of allylic oxidation sites excluding steroid dienone is 15. The number of unbranched alkanes of at least 4 members (excludes halogenated alkanes) is 29. The molecule has 6 N–H and O–H groups in total. The summed E-state index contributed by atoms with van der Waals surface area (Å²) < 4.78 is 17.6. The van der Waals surface area contributed by atoms with Gasteiger partial charge in [-0.05, 0) is 77.0 Å². The lowest BCUT2D eigenvalue weighted by Gasteiger charge is -2.41. The fourth-order valence-electron chi connectivity index (χ4n) is 9.53. The van der Waals surface area contributed by atoms with Crippen molar-refractivity contribution in [3.63, 3.8) is 0 Å². The van der Waals surface area contributed by atoms with Gasteiger partial charge in [-0.3, -0.25) is 9.59 Å². The zero-order valence-corrected chi connectivity index (χ0v) is 50.2. The molecule has 0 aromatic rings. The van der Waals surface area contributed by atoms with Gasteiger partial charge in [-0.1, -0.05) is 272 Å². The fourth-order valence-corrected chi connectivity index (χ4v) is 9.53. The molecule has 0 radical (unpaired) electrons. The number of carbonyl (C=O) groups excluding carboxylic acids is 2. The van der Waals surface area contributed by atoms with E-state index in [0.717, 1.165) is 70.6 Å². The Hall–Kier alpha value is -3.42. The normalized spacial score (nSPS) is 19.5. The Morgan fingerprint density at radius 1 is 0.519 bits per heavy atom. The average Bonchev–Trinajstić information content (AvgIpc) is 3.49. The summed E-state index contributed by atoms with van der Waals surface area (Å²) in [6, 6.07) is -1.05. The lowest BCUT2D eigenvalue weighted by Crippen LogP contribution is -2.61. The summed E-state index contributed by atoms with van der Waals surface area (Å²) in [4.78, 5) is 26.6. The minimum atomic E-state index is -1.63. The zero-order valence-electron chi connectivity index (χ0n) is 50.2. The van der Waals surface area contributed by atoms with Gasteiger partial charge < -0.3 is 45.1 Å². The van der Waals surface area contributed by atoms with E-state index in [2.05, 4.69) is 56.5 Å². The third kappa shape index (κ3) is 43.0. The number of hydrogen-bond donors (Lipinski definition) is 6. The summed E-state index contributed by atoms with van der Waals surface area (Å²) in [6.45, 7) is 5.60. The Bertz CT molecular complexity index is 1650. The van der Waals surface area contributed by atoms with E-state index in [4.69, 9.17) is 14.2 Å². The van der Waals surface area contributed by atoms with Crippen molar-refractivity contribution >= 4 is 11.9 Å². The first-order valence-corrected chi connectivity index (χ1v) is 32.1. The van der Waals surface area contributed by atoms with E-state index in [1.807, 2.05) is 60.8 Å². The summed E-state index contributed by atoms with van der Waals surface area (Å²) in [6.07, 6.45) is 63.1. The highest BCUT2D eigenvalue weighted by atomic mass is 16.7. The number of carbonyl (C=O) groups is 2. The molecular formula is C68H117NO10. The Kier molecular flexibility index (Phi) is 51.4. The summed E-state index contributed by atoms with van der Waals surface area (Å²) in [7, 11) is 0. The van der Waals surface area contributed by atoms with Crippen molar-refractivity contribution in [1.82, 2.24) is 5.32 Å². The number of amides is 1. The maximum absolute atomic E-state index is 13.4. The van der Waals surface area contributed by atoms with E-state index in [0.29, 0.717) is 12.8 Å². The predicted molar refractivity (Wildman–Crippen MR) is 329 cm³/mol. The van der Waals surface area contributed by atoms with Gasteiger partial charge >= 0.3 is 5.97 Å². The summed E-state index contributed by atoms with van der Waals surface area (Å²) in [5.74, 6) is -1.24. The molecule has 0 bridgehead atoms. The number of aliphatic hydroxyl groups excluding tert-OH is 5. The van der Waals surface area contributed by atoms with Crippen LogP contribution in [0.15, 0.2) is 97.2 Å². The van der Waals surface area contributed by atoms with Crippen LogP contribution in [0.3, 0.4) is 0 Å². The van der Waals surface area contributed by atoms with Crippen LogP contribution in [0.4, 0.5) is 0 Å². The van der Waals surface area contributed by atoms with Gasteiger partial charge in [-0.15, -0.1) is 0 Å². The number of rotatable bonds is 53. The molecule has 1 amide bonds. The molecule has 79 heavy (non-hydrogen) atoms. The minimum Gasteiger partial charge on any atom is -0.454 e. The summed E-state index contributed by atoms with van der Waals surface area (Å²) in [5, 5.41) is 57.0. The quantitative estimate of drug-likeness (QED) is 0.0149. The van der Waals surface area contributed by atoms with Gasteiger partial charge in [0.05, 0.1) is 25.4 Å². The topological polar surface area (TPSA) is 175 Å². The van der Waals surface area contributed by atoms with Gasteiger partial charge in [-0.2, -0.15) is 0 Å². The number of ether oxygens (including phenoxy) is 3. The first kappa shape index (κ1) is 73.6. The molecule has 1 aliphatic rings. The Morgan fingerprint density at radius 2 is 0.962 bits per heavy atom. The molecular weight excluding hydrogens is 991 g/mol. The van der Waals surface area contributed by atoms with E-state index in [9.17, 15) is 35.1 Å². The number of esters is 1. The Labute approximate surface area is 482 Å². The van der Waals surface area contributed by atoms with Crippen LogP contribution in [-0.4, -0.2) is 99.6 Å². The second kappa shape index (κ2) is 55.1. The van der Waals surface area contributed by atoms with Gasteiger partial charge in [0.25, 0.3) is 0 Å². The van der Waals surface area contributed by atoms with E-state index in [-0.39, 0.29) is 19.4 Å². The van der Waals surface area contributed by atoms with Crippen LogP contribution < -0.4 is 5.32 Å². The number of aliphatic hydroxyl groups is 5. The number of nitrogens with one attached hydrogen (secondary N) is 1. The third-order valence-corrected chi connectivity index (χ3v) is 14.6. The summed E-state index contributed by atoms with van der Waals surface area (Å²) in [5.41, 5.74) is 0. The lowest BCUT2D eigenvalue weighted by atomic mass is 9.99. The highest BCUT2D eigenvalue weighted by molar-refractivity contribution is 5.80. The van der Waals surface area contributed by atoms with Crippen molar-refractivity contribution in [2.75, 3.05) is 13.2 Å². The fraction of sp³-hybridized carbons (Fsp3) is 0.735. The molecule has 1 saturated heterocycles. The molecule has 1 aliphatic heterocycles. The molecule has 0 aliphatic carbocycles. The van der Waals surface area contributed by atoms with Crippen LogP contribution in [0.2, 0.25) is 0 Å². The van der Waals surface area contributed by atoms with Gasteiger partial charge in [0.1, 0.15) is 24.4 Å². The van der Waals surface area contributed by atoms with Crippen molar-refractivity contribution in [1.29, 1.82) is 0 Å². The van der Waals surface area contributed by atoms with Crippen LogP contribution in [0, 0.1) is 0 Å². The smallest absolute Gasteiger partial charge is 0.306 e. The van der Waals surface area contributed by atoms with E-state index in [1.165, 1.54) is 141 Å². The first-order valence-electron chi connectivity index (χ1n) is 32.1. The third-order valence-electron chi connectivity index (χ3n) is 14.6. The molecule has 11 heteroatoms. The molecule has 1 rings (SSSR count). The second-order valence-corrected chi connectivity index (χ2v) is 21.9. The van der Waals surface area contributed by atoms with E-state index >= 15 is 0 Å². The molecule has 0 saturated carbocycles. The maximum atomic E-state index is 13.4. The van der Waals surface area contributed by atoms with Crippen molar-refractivity contribution in [3.8, 4) is 0 Å². The van der Waals surface area contributed by atoms with Crippen molar-refractivity contribution in [2.24, 2.45) is 0 Å². The first-order chi connectivity index (χ1) is 38.7. The van der Waals surface area contributed by atoms with Crippen LogP contribution in [0.1, 0.15) is 258 Å². The Morgan fingerprint density at radius 3 is 1.49 bits per heavy atom. The molecule has 8 unspecified atom stereocenters. The predicted octanol–water partition coefficient (Wildman–Crippen LogP) is 15.5. The van der Waals surface area contributed by atoms with Gasteiger partial charge in [0, 0.05) is 6.42 Å². The van der Waals surface area contributed by atoms with Crippen LogP contribution in [-0.2, 0) is 23.8 Å². The molecule has 11 nitrogen and oxygen atoms in total. The van der Waals surface area contributed by atoms with Crippen LogP contribution in [0.25, 0.3) is 0 Å². The van der Waals surface area contributed by atoms with Crippen molar-refractivity contribution in [2.45, 2.75) is 307 Å². The molecule has 1 fully saturated rings. The maximum Gasteiger partial charge on any atom is 0.306 e. The zero-order chi connectivity index (χ0) is 57.5. The lowest BCUT2D eigenvalue weighted by molar-refractivity contribution is -0.305. The largest absolute Gasteiger partial charge is 0.454 e. The molecule has 0 aromatic heterocycles. The average molecular weight is 1110 g/mol. The molecule has 454 valence electrons. The van der Waals surface area contributed by atoms with Crippen LogP contribution >= 0.6 is 0 Å². The second-order valence-electron chi connectivity index (χ2n) is 21.9. The van der Waals surface area contributed by atoms with Gasteiger partial charge in [0.2, 0.25) is 5.91 Å². The number of hydrogen-bond acceptors (Lipinski definition) is 10. The van der Waals surface area contributed by atoms with Crippen molar-refractivity contribution in [3.05, 3.63) is 97.2 Å². The minimum absolute atomic E-state index is 0.113. The van der Waals surface area contributed by atoms with Crippen LogP contribution in [0.5, 0.6) is 0 Å². The summed E-state index contributed by atoms with van der Waals surface area (Å²) >= 11 is 0. The molecule has 1 heterocycles. The van der Waals surface area contributed by atoms with Crippen molar-refractivity contribution < 1.29 is 49.3 Å². The molecule has 0 spiro atoms. The molecule has 8 atom stereocenters. The Balaban J connectivity index is 2.65. The van der Waals surface area contributed by atoms with Gasteiger partial charge in [0.15, 0.2) is 12.4 Å². The SMILES string of the molecule is CC/C=C/C=C/C=C\C=C/C=C/CCCCC(O)C(=O)NC(COC1OC(CO)C(O)C(O)C1OC(=O)CCCCCCCCCCCCCCC/C=C\C/C=C\CCCCC)C(O)/C=C/CCCCCCCCCCCCC.